The minimum absolute atomic E-state index is 0.365. The van der Waals surface area contributed by atoms with Crippen molar-refractivity contribution in [2.75, 3.05) is 10.2 Å². The molecule has 3 rings (SSSR count). The highest BCUT2D eigenvalue weighted by molar-refractivity contribution is 9.10. The van der Waals surface area contributed by atoms with E-state index in [0.717, 1.165) is 26.8 Å². The number of hydrogen-bond acceptors (Lipinski definition) is 4. The fraction of sp³-hybridized carbons (Fsp3) is 0.0667. The lowest BCUT2D eigenvalue weighted by atomic mass is 10.3. The van der Waals surface area contributed by atoms with Crippen LogP contribution in [0.1, 0.15) is 0 Å². The third kappa shape index (κ3) is 3.00. The molecule has 1 fully saturated rings. The molecule has 1 aliphatic heterocycles. The fourth-order valence-corrected chi connectivity index (χ4v) is 3.19. The van der Waals surface area contributed by atoms with Crippen molar-refractivity contribution in [1.29, 1.82) is 0 Å². The molecule has 2 aromatic rings. The summed E-state index contributed by atoms with van der Waals surface area (Å²) < 4.78 is 13.9. The summed E-state index contributed by atoms with van der Waals surface area (Å²) in [7, 11) is 0. The molecule has 112 valence electrons. The summed E-state index contributed by atoms with van der Waals surface area (Å²) in [5.41, 5.74) is 1.10. The Hall–Kier alpha value is -1.86. The fourth-order valence-electron chi connectivity index (χ4n) is 2.02. The van der Waals surface area contributed by atoms with Gasteiger partial charge in [0.15, 0.2) is 5.37 Å². The molecule has 1 aliphatic rings. The van der Waals surface area contributed by atoms with Gasteiger partial charge in [-0.25, -0.2) is 9.29 Å². The Bertz CT molecular complexity index is 721. The molecule has 0 aromatic heterocycles. The molecule has 22 heavy (non-hydrogen) atoms. The van der Waals surface area contributed by atoms with Crippen LogP contribution >= 0.6 is 27.7 Å². The number of imide groups is 1. The lowest BCUT2D eigenvalue weighted by molar-refractivity contribution is -0.116. The van der Waals surface area contributed by atoms with Gasteiger partial charge in [-0.05, 0) is 60.3 Å². The molecule has 0 radical (unpaired) electrons. The first-order chi connectivity index (χ1) is 10.5. The number of carbonyl (C=O) groups is 2. The Morgan fingerprint density at radius 2 is 1.68 bits per heavy atom. The van der Waals surface area contributed by atoms with Gasteiger partial charge in [0, 0.05) is 10.2 Å². The summed E-state index contributed by atoms with van der Waals surface area (Å²) in [6, 6.07) is 12.6. The molecule has 2 amide bonds. The normalized spacial score (nSPS) is 17.9. The number of halogens is 2. The molecule has 4 nitrogen and oxygen atoms in total. The van der Waals surface area contributed by atoms with Crippen LogP contribution in [-0.4, -0.2) is 16.5 Å². The van der Waals surface area contributed by atoms with Crippen LogP contribution in [0.5, 0.6) is 0 Å². The Morgan fingerprint density at radius 1 is 1.05 bits per heavy atom. The summed E-state index contributed by atoms with van der Waals surface area (Å²) >= 11 is 4.23. The maximum Gasteiger partial charge on any atom is 0.295 e. The lowest BCUT2D eigenvalue weighted by Crippen LogP contribution is -2.34. The second-order valence-electron chi connectivity index (χ2n) is 4.57. The van der Waals surface area contributed by atoms with E-state index in [4.69, 9.17) is 0 Å². The van der Waals surface area contributed by atoms with E-state index in [2.05, 4.69) is 21.2 Å². The van der Waals surface area contributed by atoms with Gasteiger partial charge in [-0.1, -0.05) is 15.9 Å². The topological polar surface area (TPSA) is 49.4 Å². The van der Waals surface area contributed by atoms with E-state index in [-0.39, 0.29) is 11.1 Å². The van der Waals surface area contributed by atoms with Gasteiger partial charge in [0.1, 0.15) is 5.82 Å². The molecule has 0 bridgehead atoms. The Balaban J connectivity index is 1.79. The number of benzene rings is 2. The van der Waals surface area contributed by atoms with Gasteiger partial charge in [-0.3, -0.25) is 9.59 Å². The maximum atomic E-state index is 13.0. The quantitative estimate of drug-likeness (QED) is 0.865. The van der Waals surface area contributed by atoms with Gasteiger partial charge in [0.25, 0.3) is 11.1 Å². The van der Waals surface area contributed by atoms with Gasteiger partial charge < -0.3 is 5.32 Å². The van der Waals surface area contributed by atoms with E-state index in [1.807, 2.05) is 24.3 Å². The first kappa shape index (κ1) is 15.1. The highest BCUT2D eigenvalue weighted by atomic mass is 79.9. The van der Waals surface area contributed by atoms with E-state index >= 15 is 0 Å². The van der Waals surface area contributed by atoms with Crippen LogP contribution in [0.3, 0.4) is 0 Å². The number of hydrogen-bond donors (Lipinski definition) is 1. The van der Waals surface area contributed by atoms with Crippen molar-refractivity contribution < 1.29 is 14.0 Å². The molecule has 1 N–H and O–H groups in total. The van der Waals surface area contributed by atoms with Crippen molar-refractivity contribution in [2.45, 2.75) is 5.37 Å². The first-order valence-electron chi connectivity index (χ1n) is 6.37. The van der Waals surface area contributed by atoms with Gasteiger partial charge in [0.05, 0.1) is 5.69 Å². The van der Waals surface area contributed by atoms with Crippen LogP contribution in [0, 0.1) is 5.82 Å². The van der Waals surface area contributed by atoms with Crippen LogP contribution in [0.4, 0.5) is 20.6 Å². The van der Waals surface area contributed by atoms with Gasteiger partial charge in [-0.2, -0.15) is 0 Å². The van der Waals surface area contributed by atoms with Gasteiger partial charge in [-0.15, -0.1) is 0 Å². The summed E-state index contributed by atoms with van der Waals surface area (Å²) in [5.74, 6) is -0.787. The molecule has 7 heteroatoms. The van der Waals surface area contributed by atoms with E-state index in [0.29, 0.717) is 5.69 Å². The number of anilines is 2. The number of nitrogens with one attached hydrogen (secondary N) is 1. The summed E-state index contributed by atoms with van der Waals surface area (Å²) in [6.45, 7) is 0. The highest BCUT2D eigenvalue weighted by Crippen LogP contribution is 2.32. The first-order valence-corrected chi connectivity index (χ1v) is 8.04. The number of nitrogens with zero attached hydrogens (tertiary/aromatic N) is 1. The van der Waals surface area contributed by atoms with Crippen LogP contribution in [-0.2, 0) is 4.79 Å². The summed E-state index contributed by atoms with van der Waals surface area (Å²) in [6.07, 6.45) is 0. The molecule has 1 saturated heterocycles. The lowest BCUT2D eigenvalue weighted by Gasteiger charge is -2.14. The SMILES string of the molecule is O=C1S[C@@H](Nc2ccc(Br)cc2)C(=O)N1c1ccc(F)cc1. The van der Waals surface area contributed by atoms with Crippen LogP contribution in [0.2, 0.25) is 0 Å². The van der Waals surface area contributed by atoms with Crippen molar-refractivity contribution in [3.63, 3.8) is 0 Å². The maximum absolute atomic E-state index is 13.0. The third-order valence-corrected chi connectivity index (χ3v) is 4.54. The number of carbonyl (C=O) groups excluding carboxylic acids is 2. The van der Waals surface area contributed by atoms with E-state index in [9.17, 15) is 14.0 Å². The third-order valence-electron chi connectivity index (χ3n) is 3.07. The molecule has 0 unspecified atom stereocenters. The molecular formula is C15H10BrFN2O2S. The number of thioether (sulfide) groups is 1. The standard InChI is InChI=1S/C15H10BrFN2O2S/c16-9-1-5-11(6-2-9)18-13-14(20)19(15(21)22-13)12-7-3-10(17)4-8-12/h1-8,13,18H/t13-/m1/s1. The average Bonchev–Trinajstić information content (AvgIpc) is 2.77. The minimum Gasteiger partial charge on any atom is -0.365 e. The smallest absolute Gasteiger partial charge is 0.295 e. The van der Waals surface area contributed by atoms with Crippen molar-refractivity contribution in [2.24, 2.45) is 0 Å². The zero-order valence-electron chi connectivity index (χ0n) is 11.1. The average molecular weight is 381 g/mol. The van der Waals surface area contributed by atoms with Gasteiger partial charge >= 0.3 is 0 Å². The predicted octanol–water partition coefficient (Wildman–Crippen LogP) is 4.23. The highest BCUT2D eigenvalue weighted by Gasteiger charge is 2.40. The monoisotopic (exact) mass is 380 g/mol. The van der Waals surface area contributed by atoms with Crippen molar-refractivity contribution >= 4 is 50.2 Å². The molecule has 0 aliphatic carbocycles. The second-order valence-corrected chi connectivity index (χ2v) is 6.54. The Morgan fingerprint density at radius 3 is 2.32 bits per heavy atom. The molecule has 1 atom stereocenters. The van der Waals surface area contributed by atoms with E-state index in [1.54, 1.807) is 0 Å². The van der Waals surface area contributed by atoms with E-state index in [1.165, 1.54) is 24.3 Å². The second kappa shape index (κ2) is 6.10. The van der Waals surface area contributed by atoms with Crippen molar-refractivity contribution in [1.82, 2.24) is 0 Å². The Labute approximate surface area is 138 Å². The molecule has 2 aromatic carbocycles. The number of amides is 2. The zero-order chi connectivity index (χ0) is 15.7. The van der Waals surface area contributed by atoms with Crippen LogP contribution in [0.15, 0.2) is 53.0 Å². The Kier molecular flexibility index (Phi) is 4.17. The minimum atomic E-state index is -0.696. The van der Waals surface area contributed by atoms with Crippen molar-refractivity contribution in [3.8, 4) is 0 Å². The van der Waals surface area contributed by atoms with E-state index < -0.39 is 11.2 Å². The zero-order valence-corrected chi connectivity index (χ0v) is 13.5. The molecule has 0 spiro atoms. The summed E-state index contributed by atoms with van der Waals surface area (Å²) in [4.78, 5) is 25.5. The molecular weight excluding hydrogens is 371 g/mol. The van der Waals surface area contributed by atoms with Crippen LogP contribution < -0.4 is 10.2 Å². The number of rotatable bonds is 3. The molecule has 0 saturated carbocycles. The summed E-state index contributed by atoms with van der Waals surface area (Å²) in [5, 5.41) is 1.94. The van der Waals surface area contributed by atoms with Crippen LogP contribution in [0.25, 0.3) is 0 Å². The van der Waals surface area contributed by atoms with Gasteiger partial charge in [0.2, 0.25) is 0 Å². The largest absolute Gasteiger partial charge is 0.365 e. The predicted molar refractivity (Wildman–Crippen MR) is 88.4 cm³/mol. The molecule has 1 heterocycles. The van der Waals surface area contributed by atoms with Crippen molar-refractivity contribution in [3.05, 3.63) is 58.8 Å².